The summed E-state index contributed by atoms with van der Waals surface area (Å²) in [6.07, 6.45) is 0.582. The van der Waals surface area contributed by atoms with Gasteiger partial charge in [0.1, 0.15) is 0 Å². The summed E-state index contributed by atoms with van der Waals surface area (Å²) in [7, 11) is 4.97. The van der Waals surface area contributed by atoms with Crippen molar-refractivity contribution in [2.45, 2.75) is 12.0 Å². The number of fused-ring (bicyclic) bond motifs is 5. The number of carbonyl (C=O) groups is 1. The van der Waals surface area contributed by atoms with Crippen LogP contribution in [0.1, 0.15) is 27.0 Å². The van der Waals surface area contributed by atoms with Crippen molar-refractivity contribution in [3.8, 4) is 23.0 Å². The first kappa shape index (κ1) is 16.1. The van der Waals surface area contributed by atoms with E-state index in [1.165, 1.54) is 0 Å². The summed E-state index contributed by atoms with van der Waals surface area (Å²) < 4.78 is 22.1. The average molecular weight is 365 g/mol. The van der Waals surface area contributed by atoms with Crippen LogP contribution in [-0.2, 0) is 12.0 Å². The van der Waals surface area contributed by atoms with Crippen molar-refractivity contribution >= 4 is 11.5 Å². The second kappa shape index (κ2) is 5.19. The highest BCUT2D eigenvalue weighted by Crippen LogP contribution is 2.58. The lowest BCUT2D eigenvalue weighted by Crippen LogP contribution is -2.40. The number of benzene rings is 2. The zero-order chi connectivity index (χ0) is 18.9. The van der Waals surface area contributed by atoms with Gasteiger partial charge in [-0.3, -0.25) is 4.79 Å². The van der Waals surface area contributed by atoms with Gasteiger partial charge in [-0.15, -0.1) is 0 Å². The number of carbonyl (C=O) groups excluding carboxylic acids is 1. The Morgan fingerprint density at radius 1 is 1.11 bits per heavy atom. The van der Waals surface area contributed by atoms with Gasteiger partial charge >= 0.3 is 0 Å². The van der Waals surface area contributed by atoms with E-state index in [2.05, 4.69) is 6.58 Å². The number of methoxy groups -OCH3 is 2. The van der Waals surface area contributed by atoms with E-state index in [0.717, 1.165) is 33.8 Å². The van der Waals surface area contributed by atoms with Crippen LogP contribution >= 0.6 is 0 Å². The Morgan fingerprint density at radius 3 is 2.59 bits per heavy atom. The molecule has 5 rings (SSSR count). The van der Waals surface area contributed by atoms with Crippen molar-refractivity contribution in [3.63, 3.8) is 0 Å². The van der Waals surface area contributed by atoms with E-state index in [1.807, 2.05) is 25.2 Å². The van der Waals surface area contributed by atoms with E-state index in [-0.39, 0.29) is 12.7 Å². The average Bonchev–Trinajstić information content (AvgIpc) is 3.33. The summed E-state index contributed by atoms with van der Waals surface area (Å²) in [5, 5.41) is 0. The third-order valence-electron chi connectivity index (χ3n) is 5.98. The monoisotopic (exact) mass is 365 g/mol. The first-order valence-electron chi connectivity index (χ1n) is 8.68. The molecule has 0 N–H and O–H groups in total. The normalized spacial score (nSPS) is 21.7. The molecule has 0 saturated heterocycles. The van der Waals surface area contributed by atoms with E-state index in [1.54, 1.807) is 25.2 Å². The van der Waals surface area contributed by atoms with E-state index >= 15 is 0 Å². The molecule has 0 fully saturated rings. The molecule has 3 aliphatic rings. The number of hydrogen-bond acceptors (Lipinski definition) is 5. The Balaban J connectivity index is 1.75. The topological polar surface area (TPSA) is 57.2 Å². The first-order chi connectivity index (χ1) is 13.0. The van der Waals surface area contributed by atoms with Crippen molar-refractivity contribution < 1.29 is 23.7 Å². The summed E-state index contributed by atoms with van der Waals surface area (Å²) in [5.74, 6) is 2.55. The Kier molecular flexibility index (Phi) is 3.09. The molecular formula is C21H19NO5. The predicted octanol–water partition coefficient (Wildman–Crippen LogP) is 2.98. The van der Waals surface area contributed by atoms with Gasteiger partial charge in [0.15, 0.2) is 23.0 Å². The smallest absolute Gasteiger partial charge is 0.255 e. The summed E-state index contributed by atoms with van der Waals surface area (Å²) in [6, 6.07) is 7.54. The van der Waals surface area contributed by atoms with Crippen molar-refractivity contribution in [1.82, 2.24) is 4.90 Å². The quantitative estimate of drug-likeness (QED) is 0.819. The number of nitrogens with zero attached hydrogens (tertiary/aromatic N) is 1. The Labute approximate surface area is 156 Å². The van der Waals surface area contributed by atoms with Crippen LogP contribution in [0.3, 0.4) is 0 Å². The van der Waals surface area contributed by atoms with Gasteiger partial charge in [0.05, 0.1) is 19.8 Å². The lowest BCUT2D eigenvalue weighted by atomic mass is 9.83. The van der Waals surface area contributed by atoms with Gasteiger partial charge in [-0.05, 0) is 34.9 Å². The standard InChI is InChI=1S/C21H19NO5/c1-11-12-5-6-16-19(27-10-26-16)14(12)9-21(11)15-8-18(25-4)17(24-3)7-13(15)20(23)22(21)2/h5-8H,1,9-10H2,2-4H3/t21-/m0/s1. The molecule has 1 spiro atoms. The highest BCUT2D eigenvalue weighted by molar-refractivity contribution is 6.05. The maximum Gasteiger partial charge on any atom is 0.255 e. The van der Waals surface area contributed by atoms with Crippen LogP contribution in [0.25, 0.3) is 5.57 Å². The van der Waals surface area contributed by atoms with Crippen LogP contribution in [0, 0.1) is 0 Å². The molecule has 2 heterocycles. The summed E-state index contributed by atoms with van der Waals surface area (Å²) in [6.45, 7) is 4.59. The molecule has 0 bridgehead atoms. The molecule has 0 saturated carbocycles. The number of hydrogen-bond donors (Lipinski definition) is 0. The lowest BCUT2D eigenvalue weighted by molar-refractivity contribution is 0.0720. The van der Waals surface area contributed by atoms with E-state index in [4.69, 9.17) is 18.9 Å². The minimum absolute atomic E-state index is 0.0614. The highest BCUT2D eigenvalue weighted by Gasteiger charge is 2.55. The van der Waals surface area contributed by atoms with Crippen LogP contribution in [0.2, 0.25) is 0 Å². The van der Waals surface area contributed by atoms with Gasteiger partial charge in [0.2, 0.25) is 6.79 Å². The van der Waals surface area contributed by atoms with Gasteiger partial charge in [-0.2, -0.15) is 0 Å². The van der Waals surface area contributed by atoms with Gasteiger partial charge in [0, 0.05) is 24.6 Å². The first-order valence-corrected chi connectivity index (χ1v) is 8.68. The van der Waals surface area contributed by atoms with Crippen LogP contribution in [0.5, 0.6) is 23.0 Å². The second-order valence-corrected chi connectivity index (χ2v) is 6.96. The van der Waals surface area contributed by atoms with E-state index in [0.29, 0.717) is 23.5 Å². The fourth-order valence-electron chi connectivity index (χ4n) is 4.59. The summed E-state index contributed by atoms with van der Waals surface area (Å²) >= 11 is 0. The molecule has 2 aromatic rings. The molecule has 1 aliphatic carbocycles. The molecule has 6 nitrogen and oxygen atoms in total. The molecular weight excluding hydrogens is 346 g/mol. The molecule has 2 aliphatic heterocycles. The van der Waals surface area contributed by atoms with Gasteiger partial charge in [0.25, 0.3) is 5.91 Å². The van der Waals surface area contributed by atoms with Gasteiger partial charge in [-0.1, -0.05) is 12.6 Å². The van der Waals surface area contributed by atoms with Crippen LogP contribution in [-0.4, -0.2) is 38.9 Å². The molecule has 27 heavy (non-hydrogen) atoms. The molecule has 0 radical (unpaired) electrons. The van der Waals surface area contributed by atoms with E-state index < -0.39 is 5.54 Å². The zero-order valence-electron chi connectivity index (χ0n) is 15.4. The Hall–Kier alpha value is -3.15. The zero-order valence-corrected chi connectivity index (χ0v) is 15.4. The maximum absolute atomic E-state index is 13.1. The van der Waals surface area contributed by atoms with Crippen molar-refractivity contribution in [2.75, 3.05) is 28.1 Å². The summed E-state index contributed by atoms with van der Waals surface area (Å²) in [5.41, 5.74) is 3.71. The van der Waals surface area contributed by atoms with Crippen molar-refractivity contribution in [3.05, 3.63) is 53.1 Å². The third kappa shape index (κ3) is 1.77. The van der Waals surface area contributed by atoms with E-state index in [9.17, 15) is 4.79 Å². The van der Waals surface area contributed by atoms with Crippen LogP contribution < -0.4 is 18.9 Å². The Morgan fingerprint density at radius 2 is 1.85 bits per heavy atom. The summed E-state index contributed by atoms with van der Waals surface area (Å²) in [4.78, 5) is 14.9. The van der Waals surface area contributed by atoms with Crippen molar-refractivity contribution in [1.29, 1.82) is 0 Å². The molecule has 2 aromatic carbocycles. The maximum atomic E-state index is 13.1. The fourth-order valence-corrected chi connectivity index (χ4v) is 4.59. The van der Waals surface area contributed by atoms with Gasteiger partial charge in [-0.25, -0.2) is 0 Å². The number of rotatable bonds is 2. The minimum atomic E-state index is -0.671. The lowest BCUT2D eigenvalue weighted by Gasteiger charge is -2.34. The molecule has 0 aromatic heterocycles. The fraction of sp³-hybridized carbons (Fsp3) is 0.286. The van der Waals surface area contributed by atoms with Gasteiger partial charge < -0.3 is 23.8 Å². The highest BCUT2D eigenvalue weighted by atomic mass is 16.7. The predicted molar refractivity (Wildman–Crippen MR) is 98.6 cm³/mol. The van der Waals surface area contributed by atoms with Crippen LogP contribution in [0.15, 0.2) is 30.8 Å². The Bertz CT molecular complexity index is 1030. The molecule has 1 amide bonds. The molecule has 138 valence electrons. The van der Waals surface area contributed by atoms with Crippen molar-refractivity contribution in [2.24, 2.45) is 0 Å². The number of ether oxygens (including phenoxy) is 4. The third-order valence-corrected chi connectivity index (χ3v) is 5.98. The number of likely N-dealkylation sites (N-methyl/N-ethyl adjacent to an activating group) is 1. The minimum Gasteiger partial charge on any atom is -0.493 e. The number of amides is 1. The largest absolute Gasteiger partial charge is 0.493 e. The molecule has 1 atom stereocenters. The SMILES string of the molecule is C=C1c2ccc3c(c2C[C@@]12c1cc(OC)c(OC)cc1C(=O)N2C)OCO3. The van der Waals surface area contributed by atoms with Crippen LogP contribution in [0.4, 0.5) is 0 Å². The molecule has 0 unspecified atom stereocenters. The molecule has 6 heteroatoms. The second-order valence-electron chi connectivity index (χ2n) is 6.96.